The molecule has 0 atom stereocenters. The lowest BCUT2D eigenvalue weighted by Gasteiger charge is -2.31. The lowest BCUT2D eigenvalue weighted by atomic mass is 9.92. The predicted molar refractivity (Wildman–Crippen MR) is 113 cm³/mol. The van der Waals surface area contributed by atoms with Crippen LogP contribution in [0.5, 0.6) is 0 Å². The molecule has 0 unspecified atom stereocenters. The zero-order chi connectivity index (χ0) is 19.2. The van der Waals surface area contributed by atoms with Crippen molar-refractivity contribution in [2.45, 2.75) is 37.5 Å². The largest absolute Gasteiger partial charge is 0.358 e. The zero-order valence-electron chi connectivity index (χ0n) is 15.5. The number of nitrogens with one attached hydrogen (secondary N) is 1. The van der Waals surface area contributed by atoms with Crippen molar-refractivity contribution in [2.24, 2.45) is 0 Å². The number of nitrogens with zero attached hydrogens (tertiary/aromatic N) is 1. The second-order valence-electron chi connectivity index (χ2n) is 7.34. The molecule has 1 saturated heterocycles. The van der Waals surface area contributed by atoms with Gasteiger partial charge in [-0.1, -0.05) is 27.6 Å². The predicted octanol–water partition coefficient (Wildman–Crippen LogP) is 5.12. The third-order valence-corrected chi connectivity index (χ3v) is 8.01. The molecule has 2 aromatic carbocycles. The SMILES string of the molecule is Cc1ccc2[nH]c(C3CCN(S(=O)(=O)c4ccc(Br)cc4)CC3)c(C)c2c1. The summed E-state index contributed by atoms with van der Waals surface area (Å²) >= 11 is 3.36. The second-order valence-corrected chi connectivity index (χ2v) is 10.2. The molecule has 0 bridgehead atoms. The summed E-state index contributed by atoms with van der Waals surface area (Å²) in [5, 5.41) is 1.27. The van der Waals surface area contributed by atoms with E-state index < -0.39 is 10.0 Å². The standard InChI is InChI=1S/C21H23BrN2O2S/c1-14-3-8-20-19(13-14)15(2)21(23-20)16-9-11-24(12-10-16)27(25,26)18-6-4-17(22)5-7-18/h3-8,13,16,23H,9-12H2,1-2H3. The fraction of sp³-hybridized carbons (Fsp3) is 0.333. The lowest BCUT2D eigenvalue weighted by Crippen LogP contribution is -2.38. The Bertz CT molecular complexity index is 1080. The number of sulfonamides is 1. The number of H-pyrrole nitrogens is 1. The Morgan fingerprint density at radius 2 is 1.70 bits per heavy atom. The first-order valence-electron chi connectivity index (χ1n) is 9.21. The van der Waals surface area contributed by atoms with Gasteiger partial charge in [0.25, 0.3) is 0 Å². The Morgan fingerprint density at radius 3 is 2.37 bits per heavy atom. The van der Waals surface area contributed by atoms with E-state index in [1.165, 1.54) is 22.2 Å². The molecule has 1 fully saturated rings. The molecular weight excluding hydrogens is 424 g/mol. The Hall–Kier alpha value is -1.63. The first kappa shape index (κ1) is 18.7. The molecule has 1 aliphatic heterocycles. The maximum atomic E-state index is 12.9. The normalized spacial score (nSPS) is 16.9. The van der Waals surface area contributed by atoms with Crippen molar-refractivity contribution in [3.05, 3.63) is 63.8 Å². The highest BCUT2D eigenvalue weighted by Crippen LogP contribution is 2.35. The van der Waals surface area contributed by atoms with Crippen LogP contribution in [0.15, 0.2) is 51.8 Å². The number of halogens is 1. The molecular formula is C21H23BrN2O2S. The van der Waals surface area contributed by atoms with Crippen LogP contribution in [0.1, 0.15) is 35.6 Å². The van der Waals surface area contributed by atoms with Crippen molar-refractivity contribution in [2.75, 3.05) is 13.1 Å². The van der Waals surface area contributed by atoms with E-state index in [0.29, 0.717) is 23.9 Å². The van der Waals surface area contributed by atoms with Gasteiger partial charge in [0.15, 0.2) is 0 Å². The third-order valence-electron chi connectivity index (χ3n) is 5.57. The van der Waals surface area contributed by atoms with Crippen LogP contribution in [0, 0.1) is 13.8 Å². The summed E-state index contributed by atoms with van der Waals surface area (Å²) in [7, 11) is -3.42. The quantitative estimate of drug-likeness (QED) is 0.606. The summed E-state index contributed by atoms with van der Waals surface area (Å²) in [6.07, 6.45) is 1.67. The molecule has 1 N–H and O–H groups in total. The summed E-state index contributed by atoms with van der Waals surface area (Å²) in [4.78, 5) is 3.94. The number of aryl methyl sites for hydroxylation is 2. The van der Waals surface area contributed by atoms with E-state index in [1.807, 2.05) is 0 Å². The number of aromatic amines is 1. The smallest absolute Gasteiger partial charge is 0.243 e. The van der Waals surface area contributed by atoms with Gasteiger partial charge >= 0.3 is 0 Å². The van der Waals surface area contributed by atoms with Crippen molar-refractivity contribution in [1.29, 1.82) is 0 Å². The van der Waals surface area contributed by atoms with Crippen LogP contribution in [0.3, 0.4) is 0 Å². The molecule has 0 radical (unpaired) electrons. The molecule has 6 heteroatoms. The maximum Gasteiger partial charge on any atom is 0.243 e. The molecule has 0 aliphatic carbocycles. The van der Waals surface area contributed by atoms with Crippen LogP contribution in [-0.4, -0.2) is 30.8 Å². The van der Waals surface area contributed by atoms with E-state index >= 15 is 0 Å². The minimum atomic E-state index is -3.42. The third kappa shape index (κ3) is 3.46. The molecule has 3 aromatic rings. The van der Waals surface area contributed by atoms with Gasteiger partial charge in [-0.05, 0) is 68.7 Å². The van der Waals surface area contributed by atoms with Crippen molar-refractivity contribution < 1.29 is 8.42 Å². The molecule has 1 aromatic heterocycles. The molecule has 4 rings (SSSR count). The van der Waals surface area contributed by atoms with Crippen molar-refractivity contribution in [1.82, 2.24) is 9.29 Å². The monoisotopic (exact) mass is 446 g/mol. The van der Waals surface area contributed by atoms with E-state index in [2.05, 4.69) is 53.0 Å². The van der Waals surface area contributed by atoms with Crippen LogP contribution < -0.4 is 0 Å². The van der Waals surface area contributed by atoms with Gasteiger partial charge in [0.05, 0.1) is 4.90 Å². The molecule has 1 aliphatic rings. The van der Waals surface area contributed by atoms with Gasteiger partial charge in [-0.2, -0.15) is 4.31 Å². The zero-order valence-corrected chi connectivity index (χ0v) is 17.9. The van der Waals surface area contributed by atoms with Gasteiger partial charge in [-0.15, -0.1) is 0 Å². The number of aromatic nitrogens is 1. The van der Waals surface area contributed by atoms with Crippen LogP contribution in [0.4, 0.5) is 0 Å². The minimum Gasteiger partial charge on any atom is -0.358 e. The number of benzene rings is 2. The topological polar surface area (TPSA) is 53.2 Å². The van der Waals surface area contributed by atoms with Crippen molar-refractivity contribution >= 4 is 36.9 Å². The number of rotatable bonds is 3. The summed E-state index contributed by atoms with van der Waals surface area (Å²) < 4.78 is 28.3. The van der Waals surface area contributed by atoms with Crippen molar-refractivity contribution in [3.8, 4) is 0 Å². The molecule has 0 amide bonds. The fourth-order valence-electron chi connectivity index (χ4n) is 4.01. The molecule has 4 nitrogen and oxygen atoms in total. The van der Waals surface area contributed by atoms with E-state index in [-0.39, 0.29) is 0 Å². The van der Waals surface area contributed by atoms with Crippen LogP contribution in [0.25, 0.3) is 10.9 Å². The van der Waals surface area contributed by atoms with Gasteiger partial charge in [-0.25, -0.2) is 8.42 Å². The molecule has 0 saturated carbocycles. The van der Waals surface area contributed by atoms with Gasteiger partial charge in [0.2, 0.25) is 10.0 Å². The second kappa shape index (κ2) is 7.08. The first-order valence-corrected chi connectivity index (χ1v) is 11.4. The number of hydrogen-bond donors (Lipinski definition) is 1. The van der Waals surface area contributed by atoms with E-state index in [0.717, 1.165) is 22.8 Å². The van der Waals surface area contributed by atoms with Crippen LogP contribution in [-0.2, 0) is 10.0 Å². The first-order chi connectivity index (χ1) is 12.9. The Kier molecular flexibility index (Phi) is 4.91. The Morgan fingerprint density at radius 1 is 1.04 bits per heavy atom. The maximum absolute atomic E-state index is 12.9. The Labute approximate surface area is 168 Å². The lowest BCUT2D eigenvalue weighted by molar-refractivity contribution is 0.317. The van der Waals surface area contributed by atoms with E-state index in [1.54, 1.807) is 28.6 Å². The van der Waals surface area contributed by atoms with Crippen molar-refractivity contribution in [3.63, 3.8) is 0 Å². The highest BCUT2D eigenvalue weighted by molar-refractivity contribution is 9.10. The van der Waals surface area contributed by atoms with Crippen LogP contribution in [0.2, 0.25) is 0 Å². The van der Waals surface area contributed by atoms with Gasteiger partial charge in [-0.3, -0.25) is 0 Å². The van der Waals surface area contributed by atoms with E-state index in [9.17, 15) is 8.42 Å². The van der Waals surface area contributed by atoms with Gasteiger partial charge < -0.3 is 4.98 Å². The van der Waals surface area contributed by atoms with Gasteiger partial charge in [0.1, 0.15) is 0 Å². The minimum absolute atomic E-state index is 0.362. The molecule has 2 heterocycles. The number of fused-ring (bicyclic) bond motifs is 1. The highest BCUT2D eigenvalue weighted by Gasteiger charge is 2.31. The average Bonchev–Trinajstić information content (AvgIpc) is 2.98. The van der Waals surface area contributed by atoms with E-state index in [4.69, 9.17) is 0 Å². The summed E-state index contributed by atoms with van der Waals surface area (Å²) in [6.45, 7) is 5.38. The number of piperidine rings is 1. The number of hydrogen-bond acceptors (Lipinski definition) is 2. The molecule has 27 heavy (non-hydrogen) atoms. The molecule has 0 spiro atoms. The average molecular weight is 447 g/mol. The van der Waals surface area contributed by atoms with Crippen LogP contribution >= 0.6 is 15.9 Å². The summed E-state index contributed by atoms with van der Waals surface area (Å²) in [5.41, 5.74) is 4.98. The summed E-state index contributed by atoms with van der Waals surface area (Å²) in [6, 6.07) is 13.3. The molecule has 142 valence electrons. The Balaban J connectivity index is 1.54. The highest BCUT2D eigenvalue weighted by atomic mass is 79.9. The van der Waals surface area contributed by atoms with Gasteiger partial charge in [0, 0.05) is 40.1 Å². The fourth-order valence-corrected chi connectivity index (χ4v) is 5.74. The summed E-state index contributed by atoms with van der Waals surface area (Å²) in [5.74, 6) is 0.370.